The van der Waals surface area contributed by atoms with E-state index in [0.717, 1.165) is 18.6 Å². The second kappa shape index (κ2) is 9.59. The van der Waals surface area contributed by atoms with Gasteiger partial charge in [0.2, 0.25) is 0 Å². The van der Waals surface area contributed by atoms with Crippen molar-refractivity contribution in [3.05, 3.63) is 29.8 Å². The van der Waals surface area contributed by atoms with Crippen LogP contribution in [-0.2, 0) is 6.42 Å². The Kier molecular flexibility index (Phi) is 7.80. The molecule has 0 aliphatic heterocycles. The van der Waals surface area contributed by atoms with Gasteiger partial charge in [0.25, 0.3) is 0 Å². The van der Waals surface area contributed by atoms with Crippen molar-refractivity contribution in [1.82, 2.24) is 0 Å². The lowest BCUT2D eigenvalue weighted by Gasteiger charge is -1.99. The summed E-state index contributed by atoms with van der Waals surface area (Å²) in [6, 6.07) is 8.13. The molecule has 0 saturated heterocycles. The Labute approximate surface area is 112 Å². The quantitative estimate of drug-likeness (QED) is 0.503. The van der Waals surface area contributed by atoms with E-state index in [9.17, 15) is 0 Å². The van der Waals surface area contributed by atoms with Crippen LogP contribution in [0.2, 0.25) is 0 Å². The van der Waals surface area contributed by atoms with Crippen molar-refractivity contribution >= 4 is 0 Å². The van der Waals surface area contributed by atoms with Crippen LogP contribution in [0.3, 0.4) is 0 Å². The zero-order valence-corrected chi connectivity index (χ0v) is 11.7. The van der Waals surface area contributed by atoms with Gasteiger partial charge in [0.05, 0.1) is 7.11 Å². The molecule has 1 rings (SSSR count). The lowest BCUT2D eigenvalue weighted by atomic mass is 10.1. The Morgan fingerprint density at radius 1 is 0.944 bits per heavy atom. The van der Waals surface area contributed by atoms with Crippen LogP contribution in [0.1, 0.15) is 51.0 Å². The maximum absolute atomic E-state index is 5.12. The predicted molar refractivity (Wildman–Crippen MR) is 77.9 cm³/mol. The number of ether oxygens (including phenoxy) is 1. The Morgan fingerprint density at radius 2 is 1.67 bits per heavy atom. The molecule has 0 unspecified atom stereocenters. The van der Waals surface area contributed by atoms with Crippen molar-refractivity contribution in [2.75, 3.05) is 7.11 Å². The first-order chi connectivity index (χ1) is 8.86. The van der Waals surface area contributed by atoms with Gasteiger partial charge in [-0.25, -0.2) is 0 Å². The highest BCUT2D eigenvalue weighted by Crippen LogP contribution is 2.11. The van der Waals surface area contributed by atoms with Crippen LogP contribution in [-0.4, -0.2) is 7.11 Å². The molecule has 1 aromatic rings. The topological polar surface area (TPSA) is 9.23 Å². The molecule has 0 radical (unpaired) electrons. The van der Waals surface area contributed by atoms with Crippen LogP contribution in [0.5, 0.6) is 5.75 Å². The van der Waals surface area contributed by atoms with Crippen molar-refractivity contribution in [3.8, 4) is 17.6 Å². The van der Waals surface area contributed by atoms with Gasteiger partial charge in [-0.2, -0.15) is 0 Å². The lowest BCUT2D eigenvalue weighted by Crippen LogP contribution is -1.84. The standard InChI is InChI=1S/C17H24O/c1-3-4-5-6-7-8-9-10-11-16-12-14-17(18-2)15-13-16/h12-15H,3-8,11H2,1-2H3. The van der Waals surface area contributed by atoms with E-state index in [-0.39, 0.29) is 0 Å². The number of methoxy groups -OCH3 is 1. The van der Waals surface area contributed by atoms with Crippen LogP contribution in [0.4, 0.5) is 0 Å². The van der Waals surface area contributed by atoms with Gasteiger partial charge in [-0.1, -0.05) is 50.7 Å². The smallest absolute Gasteiger partial charge is 0.118 e. The first kappa shape index (κ1) is 14.6. The summed E-state index contributed by atoms with van der Waals surface area (Å²) >= 11 is 0. The van der Waals surface area contributed by atoms with Crippen molar-refractivity contribution in [3.63, 3.8) is 0 Å². The highest BCUT2D eigenvalue weighted by Gasteiger charge is 1.91. The molecule has 0 saturated carbocycles. The molecule has 1 nitrogen and oxygen atoms in total. The van der Waals surface area contributed by atoms with Crippen LogP contribution >= 0.6 is 0 Å². The van der Waals surface area contributed by atoms with Gasteiger partial charge in [-0.15, -0.1) is 5.92 Å². The lowest BCUT2D eigenvalue weighted by molar-refractivity contribution is 0.414. The number of hydrogen-bond donors (Lipinski definition) is 0. The minimum atomic E-state index is 0.846. The van der Waals surface area contributed by atoms with Crippen LogP contribution in [0.15, 0.2) is 24.3 Å². The Balaban J connectivity index is 2.16. The molecule has 0 heterocycles. The van der Waals surface area contributed by atoms with E-state index < -0.39 is 0 Å². The molecule has 18 heavy (non-hydrogen) atoms. The summed E-state index contributed by atoms with van der Waals surface area (Å²) in [7, 11) is 1.69. The summed E-state index contributed by atoms with van der Waals surface area (Å²) in [6.45, 7) is 2.24. The van der Waals surface area contributed by atoms with Crippen molar-refractivity contribution < 1.29 is 4.74 Å². The zero-order valence-electron chi connectivity index (χ0n) is 11.7. The largest absolute Gasteiger partial charge is 0.497 e. The summed E-state index contributed by atoms with van der Waals surface area (Å²) in [5.41, 5.74) is 1.26. The van der Waals surface area contributed by atoms with E-state index in [2.05, 4.69) is 30.9 Å². The number of benzene rings is 1. The Hall–Kier alpha value is -1.42. The molecule has 0 fully saturated rings. The molecular formula is C17H24O. The molecule has 98 valence electrons. The summed E-state index contributed by atoms with van der Waals surface area (Å²) in [5, 5.41) is 0. The fourth-order valence-corrected chi connectivity index (χ4v) is 1.81. The van der Waals surface area contributed by atoms with Crippen LogP contribution in [0, 0.1) is 11.8 Å². The first-order valence-electron chi connectivity index (χ1n) is 6.95. The SMILES string of the molecule is CCCCCCCC#CCc1ccc(OC)cc1. The molecule has 0 amide bonds. The monoisotopic (exact) mass is 244 g/mol. The molecule has 0 aliphatic rings. The maximum Gasteiger partial charge on any atom is 0.118 e. The van der Waals surface area contributed by atoms with Crippen molar-refractivity contribution in [2.24, 2.45) is 0 Å². The van der Waals surface area contributed by atoms with Gasteiger partial charge in [0.15, 0.2) is 0 Å². The summed E-state index contributed by atoms with van der Waals surface area (Å²) in [5.74, 6) is 7.40. The minimum absolute atomic E-state index is 0.846. The number of rotatable bonds is 7. The second-order valence-electron chi connectivity index (χ2n) is 4.54. The van der Waals surface area contributed by atoms with E-state index in [1.807, 2.05) is 12.1 Å². The average molecular weight is 244 g/mol. The fraction of sp³-hybridized carbons (Fsp3) is 0.529. The fourth-order valence-electron chi connectivity index (χ4n) is 1.81. The average Bonchev–Trinajstić information content (AvgIpc) is 2.42. The third-order valence-electron chi connectivity index (χ3n) is 2.98. The molecule has 0 bridgehead atoms. The number of hydrogen-bond acceptors (Lipinski definition) is 1. The van der Waals surface area contributed by atoms with E-state index in [4.69, 9.17) is 4.74 Å². The molecular weight excluding hydrogens is 220 g/mol. The molecule has 0 spiro atoms. The van der Waals surface area contributed by atoms with Gasteiger partial charge in [0, 0.05) is 12.8 Å². The van der Waals surface area contributed by atoms with Gasteiger partial charge < -0.3 is 4.74 Å². The highest BCUT2D eigenvalue weighted by molar-refractivity contribution is 5.29. The zero-order chi connectivity index (χ0) is 13.1. The Bertz CT molecular complexity index is 367. The van der Waals surface area contributed by atoms with Gasteiger partial charge in [-0.05, 0) is 24.1 Å². The summed E-state index contributed by atoms with van der Waals surface area (Å²) in [6.07, 6.45) is 8.48. The highest BCUT2D eigenvalue weighted by atomic mass is 16.5. The summed E-state index contributed by atoms with van der Waals surface area (Å²) < 4.78 is 5.12. The van der Waals surface area contributed by atoms with Gasteiger partial charge >= 0.3 is 0 Å². The Morgan fingerprint density at radius 3 is 2.33 bits per heavy atom. The van der Waals surface area contributed by atoms with Crippen LogP contribution in [0.25, 0.3) is 0 Å². The molecule has 0 atom stereocenters. The van der Waals surface area contributed by atoms with Gasteiger partial charge in [0.1, 0.15) is 5.75 Å². The van der Waals surface area contributed by atoms with E-state index in [1.54, 1.807) is 7.11 Å². The summed E-state index contributed by atoms with van der Waals surface area (Å²) in [4.78, 5) is 0. The molecule has 1 heteroatoms. The third kappa shape index (κ3) is 6.35. The van der Waals surface area contributed by atoms with Crippen molar-refractivity contribution in [1.29, 1.82) is 0 Å². The second-order valence-corrected chi connectivity index (χ2v) is 4.54. The van der Waals surface area contributed by atoms with E-state index in [1.165, 1.54) is 37.7 Å². The molecule has 0 N–H and O–H groups in total. The minimum Gasteiger partial charge on any atom is -0.497 e. The predicted octanol–water partition coefficient (Wildman–Crippen LogP) is 4.60. The maximum atomic E-state index is 5.12. The first-order valence-corrected chi connectivity index (χ1v) is 6.95. The van der Waals surface area contributed by atoms with E-state index in [0.29, 0.717) is 0 Å². The molecule has 1 aromatic carbocycles. The van der Waals surface area contributed by atoms with Crippen LogP contribution < -0.4 is 4.74 Å². The number of unbranched alkanes of at least 4 members (excludes halogenated alkanes) is 5. The van der Waals surface area contributed by atoms with Gasteiger partial charge in [-0.3, -0.25) is 0 Å². The van der Waals surface area contributed by atoms with E-state index >= 15 is 0 Å². The molecule has 0 aliphatic carbocycles. The third-order valence-corrected chi connectivity index (χ3v) is 2.98. The normalized spacial score (nSPS) is 9.67. The molecule has 0 aromatic heterocycles. The van der Waals surface area contributed by atoms with Crippen molar-refractivity contribution in [2.45, 2.75) is 51.9 Å².